The van der Waals surface area contributed by atoms with Gasteiger partial charge in [0.05, 0.1) is 6.54 Å². The predicted octanol–water partition coefficient (Wildman–Crippen LogP) is 3.44. The van der Waals surface area contributed by atoms with E-state index in [9.17, 15) is 22.8 Å². The predicted molar refractivity (Wildman–Crippen MR) is 116 cm³/mol. The molecule has 0 saturated carbocycles. The molecule has 178 valence electrons. The van der Waals surface area contributed by atoms with E-state index in [4.69, 9.17) is 4.74 Å². The van der Waals surface area contributed by atoms with Gasteiger partial charge in [-0.05, 0) is 50.2 Å². The fraction of sp³-hybridized carbons (Fsp3) is 0.391. The van der Waals surface area contributed by atoms with Crippen LogP contribution in [0.2, 0.25) is 0 Å². The number of aryl methyl sites for hydroxylation is 1. The Morgan fingerprint density at radius 1 is 0.970 bits per heavy atom. The lowest BCUT2D eigenvalue weighted by atomic mass is 10.2. The Hall–Kier alpha value is -3.27. The Morgan fingerprint density at radius 3 is 2.12 bits per heavy atom. The number of ether oxygens (including phenoxy) is 2. The first-order chi connectivity index (χ1) is 15.6. The first kappa shape index (κ1) is 24.4. The van der Waals surface area contributed by atoms with Crippen LogP contribution in [0, 0.1) is 6.92 Å². The summed E-state index contributed by atoms with van der Waals surface area (Å²) in [5.74, 6) is -0.132. The minimum Gasteiger partial charge on any atom is -0.481 e. The van der Waals surface area contributed by atoms with Crippen LogP contribution in [-0.2, 0) is 9.59 Å². The van der Waals surface area contributed by atoms with Crippen molar-refractivity contribution >= 4 is 17.5 Å². The third-order valence-corrected chi connectivity index (χ3v) is 5.10. The van der Waals surface area contributed by atoms with Gasteiger partial charge in [-0.3, -0.25) is 14.5 Å². The standard InChI is InChI=1S/C23H26F3N3O4/c1-16-3-7-19(8-4-16)32-17(2)22(31)29-13-11-28(12-14-29)15-21(30)27-18-5-9-20(10-6-18)33-23(24,25)26/h3-10,17H,11-15H2,1-2H3,(H,27,30)/t17-/m1/s1. The summed E-state index contributed by atoms with van der Waals surface area (Å²) in [7, 11) is 0. The smallest absolute Gasteiger partial charge is 0.481 e. The van der Waals surface area contributed by atoms with Crippen molar-refractivity contribution in [2.75, 3.05) is 38.0 Å². The van der Waals surface area contributed by atoms with Gasteiger partial charge in [-0.2, -0.15) is 0 Å². The van der Waals surface area contributed by atoms with E-state index in [-0.39, 0.29) is 24.1 Å². The maximum atomic E-state index is 12.7. The van der Waals surface area contributed by atoms with Crippen LogP contribution >= 0.6 is 0 Å². The van der Waals surface area contributed by atoms with E-state index in [1.807, 2.05) is 36.1 Å². The molecular weight excluding hydrogens is 439 g/mol. The number of carbonyl (C=O) groups excluding carboxylic acids is 2. The third kappa shape index (κ3) is 7.67. The number of nitrogens with zero attached hydrogens (tertiary/aromatic N) is 2. The maximum absolute atomic E-state index is 12.7. The van der Waals surface area contributed by atoms with Gasteiger partial charge < -0.3 is 19.7 Å². The average Bonchev–Trinajstić information content (AvgIpc) is 2.75. The second-order valence-corrected chi connectivity index (χ2v) is 7.79. The normalized spacial score (nSPS) is 15.6. The van der Waals surface area contributed by atoms with Crippen molar-refractivity contribution in [1.82, 2.24) is 9.80 Å². The maximum Gasteiger partial charge on any atom is 0.573 e. The molecule has 10 heteroatoms. The molecule has 3 rings (SSSR count). The number of hydrogen-bond acceptors (Lipinski definition) is 5. The Kier molecular flexibility index (Phi) is 7.80. The molecule has 1 fully saturated rings. The number of nitrogens with one attached hydrogen (secondary N) is 1. The summed E-state index contributed by atoms with van der Waals surface area (Å²) in [6.07, 6.45) is -5.38. The van der Waals surface area contributed by atoms with E-state index >= 15 is 0 Å². The highest BCUT2D eigenvalue weighted by Gasteiger charge is 2.31. The summed E-state index contributed by atoms with van der Waals surface area (Å²) < 4.78 is 46.2. The van der Waals surface area contributed by atoms with Crippen molar-refractivity contribution in [3.63, 3.8) is 0 Å². The Balaban J connectivity index is 1.41. The highest BCUT2D eigenvalue weighted by atomic mass is 19.4. The number of amides is 2. The zero-order valence-corrected chi connectivity index (χ0v) is 18.4. The molecule has 1 atom stereocenters. The minimum absolute atomic E-state index is 0.109. The topological polar surface area (TPSA) is 71.1 Å². The van der Waals surface area contributed by atoms with Crippen LogP contribution in [-0.4, -0.2) is 66.8 Å². The van der Waals surface area contributed by atoms with Gasteiger partial charge in [-0.25, -0.2) is 0 Å². The fourth-order valence-electron chi connectivity index (χ4n) is 3.40. The number of benzene rings is 2. The molecule has 7 nitrogen and oxygen atoms in total. The number of anilines is 1. The van der Waals surface area contributed by atoms with Gasteiger partial charge in [0.2, 0.25) is 5.91 Å². The molecule has 1 saturated heterocycles. The molecule has 2 aromatic rings. The number of hydrogen-bond donors (Lipinski definition) is 1. The highest BCUT2D eigenvalue weighted by molar-refractivity contribution is 5.92. The zero-order valence-electron chi connectivity index (χ0n) is 18.4. The summed E-state index contributed by atoms with van der Waals surface area (Å²) >= 11 is 0. The van der Waals surface area contributed by atoms with Gasteiger partial charge in [-0.15, -0.1) is 13.2 Å². The summed E-state index contributed by atoms with van der Waals surface area (Å²) in [5.41, 5.74) is 1.47. The molecule has 0 aromatic heterocycles. The number of carbonyl (C=O) groups is 2. The van der Waals surface area contributed by atoms with Gasteiger partial charge in [0.15, 0.2) is 6.10 Å². The lowest BCUT2D eigenvalue weighted by Gasteiger charge is -2.35. The third-order valence-electron chi connectivity index (χ3n) is 5.10. The molecule has 0 aliphatic carbocycles. The van der Waals surface area contributed by atoms with Gasteiger partial charge in [0.1, 0.15) is 11.5 Å². The molecule has 0 bridgehead atoms. The number of rotatable bonds is 7. The SMILES string of the molecule is Cc1ccc(O[C@H](C)C(=O)N2CCN(CC(=O)Nc3ccc(OC(F)(F)F)cc3)CC2)cc1. The molecule has 1 aliphatic rings. The highest BCUT2D eigenvalue weighted by Crippen LogP contribution is 2.24. The van der Waals surface area contributed by atoms with Crippen LogP contribution in [0.1, 0.15) is 12.5 Å². The molecule has 1 heterocycles. The fourth-order valence-corrected chi connectivity index (χ4v) is 3.40. The monoisotopic (exact) mass is 465 g/mol. The largest absolute Gasteiger partial charge is 0.573 e. The van der Waals surface area contributed by atoms with Gasteiger partial charge in [-0.1, -0.05) is 17.7 Å². The van der Waals surface area contributed by atoms with Gasteiger partial charge >= 0.3 is 6.36 Å². The van der Waals surface area contributed by atoms with Gasteiger partial charge in [0.25, 0.3) is 5.91 Å². The van der Waals surface area contributed by atoms with Crippen LogP contribution in [0.5, 0.6) is 11.5 Å². The van der Waals surface area contributed by atoms with E-state index in [2.05, 4.69) is 10.1 Å². The summed E-state index contributed by atoms with van der Waals surface area (Å²) in [5, 5.41) is 2.64. The zero-order chi connectivity index (χ0) is 24.0. The first-order valence-electron chi connectivity index (χ1n) is 10.5. The van der Waals surface area contributed by atoms with Crippen molar-refractivity contribution < 1.29 is 32.2 Å². The molecule has 0 spiro atoms. The summed E-state index contributed by atoms with van der Waals surface area (Å²) in [4.78, 5) is 28.6. The molecule has 33 heavy (non-hydrogen) atoms. The molecule has 2 aromatic carbocycles. The van der Waals surface area contributed by atoms with Crippen molar-refractivity contribution in [1.29, 1.82) is 0 Å². The van der Waals surface area contributed by atoms with E-state index in [1.165, 1.54) is 12.1 Å². The molecule has 0 radical (unpaired) electrons. The molecule has 1 aliphatic heterocycles. The van der Waals surface area contributed by atoms with Crippen molar-refractivity contribution in [3.05, 3.63) is 54.1 Å². The number of alkyl halides is 3. The summed E-state index contributed by atoms with van der Waals surface area (Å²) in [6.45, 7) is 5.78. The quantitative estimate of drug-likeness (QED) is 0.679. The summed E-state index contributed by atoms with van der Waals surface area (Å²) in [6, 6.07) is 12.4. The van der Waals surface area contributed by atoms with E-state index < -0.39 is 12.5 Å². The Bertz CT molecular complexity index is 941. The first-order valence-corrected chi connectivity index (χ1v) is 10.5. The Labute approximate surface area is 190 Å². The second-order valence-electron chi connectivity index (χ2n) is 7.79. The van der Waals surface area contributed by atoms with Crippen molar-refractivity contribution in [2.45, 2.75) is 26.3 Å². The second kappa shape index (κ2) is 10.6. The Morgan fingerprint density at radius 2 is 1.55 bits per heavy atom. The van der Waals surface area contributed by atoms with Crippen molar-refractivity contribution in [3.8, 4) is 11.5 Å². The molecule has 1 N–H and O–H groups in total. The van der Waals surface area contributed by atoms with Gasteiger partial charge in [0, 0.05) is 31.9 Å². The van der Waals surface area contributed by atoms with Crippen LogP contribution < -0.4 is 14.8 Å². The van der Waals surface area contributed by atoms with Crippen LogP contribution in [0.25, 0.3) is 0 Å². The lowest BCUT2D eigenvalue weighted by molar-refractivity contribution is -0.274. The van der Waals surface area contributed by atoms with E-state index in [0.717, 1.165) is 17.7 Å². The number of halogens is 3. The van der Waals surface area contributed by atoms with Crippen molar-refractivity contribution in [2.24, 2.45) is 0 Å². The molecular formula is C23H26F3N3O4. The van der Waals surface area contributed by atoms with Crippen LogP contribution in [0.3, 0.4) is 0 Å². The van der Waals surface area contributed by atoms with Crippen LogP contribution in [0.15, 0.2) is 48.5 Å². The molecule has 2 amide bonds. The lowest BCUT2D eigenvalue weighted by Crippen LogP contribution is -2.53. The minimum atomic E-state index is -4.76. The average molecular weight is 465 g/mol. The van der Waals surface area contributed by atoms with E-state index in [0.29, 0.717) is 37.6 Å². The molecule has 0 unspecified atom stereocenters. The van der Waals surface area contributed by atoms with E-state index in [1.54, 1.807) is 11.8 Å². The number of piperazine rings is 1. The van der Waals surface area contributed by atoms with Crippen LogP contribution in [0.4, 0.5) is 18.9 Å².